The first kappa shape index (κ1) is 15.8. The van der Waals surface area contributed by atoms with Gasteiger partial charge in [0.25, 0.3) is 0 Å². The molecular weight excluding hydrogens is 310 g/mol. The maximum Gasteiger partial charge on any atom is 0.346 e. The number of carboxylic acids is 1. The van der Waals surface area contributed by atoms with Crippen molar-refractivity contribution in [3.05, 3.63) is 16.8 Å². The van der Waals surface area contributed by atoms with Crippen molar-refractivity contribution in [3.8, 4) is 0 Å². The van der Waals surface area contributed by atoms with E-state index in [0.29, 0.717) is 22.0 Å². The molecule has 8 heteroatoms. The zero-order chi connectivity index (χ0) is 15.6. The number of aryl methyl sites for hydroxylation is 1. The lowest BCUT2D eigenvalue weighted by Gasteiger charge is -2.14. The zero-order valence-electron chi connectivity index (χ0n) is 12.0. The Morgan fingerprint density at radius 3 is 2.86 bits per heavy atom. The second kappa shape index (κ2) is 6.48. The van der Waals surface area contributed by atoms with Crippen molar-refractivity contribution >= 4 is 44.1 Å². The van der Waals surface area contributed by atoms with Gasteiger partial charge in [0.05, 0.1) is 5.39 Å². The number of carboxylic acid groups (broad SMARTS) is 1. The number of rotatable bonds is 6. The molecule has 0 fully saturated rings. The van der Waals surface area contributed by atoms with Crippen molar-refractivity contribution in [3.63, 3.8) is 0 Å². The van der Waals surface area contributed by atoms with Gasteiger partial charge in [0.2, 0.25) is 0 Å². The van der Waals surface area contributed by atoms with Crippen LogP contribution in [0.3, 0.4) is 0 Å². The third-order valence-corrected chi connectivity index (χ3v) is 5.14. The fourth-order valence-corrected chi connectivity index (χ4v) is 3.71. The number of aromatic carboxylic acids is 1. The molecule has 2 aromatic rings. The Morgan fingerprint density at radius 2 is 2.24 bits per heavy atom. The first-order chi connectivity index (χ1) is 9.90. The van der Waals surface area contributed by atoms with Crippen molar-refractivity contribution in [2.75, 3.05) is 17.3 Å². The molecule has 0 aliphatic heterocycles. The van der Waals surface area contributed by atoms with Gasteiger partial charge in [0.15, 0.2) is 0 Å². The van der Waals surface area contributed by atoms with E-state index in [-0.39, 0.29) is 10.9 Å². The largest absolute Gasteiger partial charge is 0.477 e. The molecule has 0 amide bonds. The number of hydrogen-bond acceptors (Lipinski definition) is 6. The number of anilines is 1. The molecule has 0 aromatic carbocycles. The standard InChI is InChI=1S/C13H17N3O3S2/c1-7(4-5-21(3)19)16-11-9-8(2)10(13(17)18)20-12(9)15-6-14-11/h6-7H,4-5H2,1-3H3,(H,17,18)(H,14,15,16). The van der Waals surface area contributed by atoms with Gasteiger partial charge < -0.3 is 10.4 Å². The minimum absolute atomic E-state index is 0.0968. The highest BCUT2D eigenvalue weighted by atomic mass is 32.2. The lowest BCUT2D eigenvalue weighted by atomic mass is 10.2. The predicted molar refractivity (Wildman–Crippen MR) is 85.7 cm³/mol. The molecular formula is C13H17N3O3S2. The molecule has 0 aliphatic rings. The van der Waals surface area contributed by atoms with Gasteiger partial charge in [-0.15, -0.1) is 11.3 Å². The van der Waals surface area contributed by atoms with Crippen LogP contribution < -0.4 is 5.32 Å². The molecule has 0 bridgehead atoms. The molecule has 2 N–H and O–H groups in total. The average Bonchev–Trinajstić information content (AvgIpc) is 2.75. The quantitative estimate of drug-likeness (QED) is 0.845. The Labute approximate surface area is 129 Å². The second-order valence-corrected chi connectivity index (χ2v) is 7.43. The SMILES string of the molecule is Cc1c(C(=O)O)sc2ncnc(NC(C)CCS(C)=O)c12. The van der Waals surface area contributed by atoms with Crippen molar-refractivity contribution < 1.29 is 14.1 Å². The van der Waals surface area contributed by atoms with Gasteiger partial charge in [-0.2, -0.15) is 0 Å². The predicted octanol–water partition coefficient (Wildman–Crippen LogP) is 2.27. The van der Waals surface area contributed by atoms with Crippen molar-refractivity contribution in [1.82, 2.24) is 9.97 Å². The molecule has 0 aliphatic carbocycles. The van der Waals surface area contributed by atoms with Crippen LogP contribution >= 0.6 is 11.3 Å². The minimum atomic E-state index is -0.948. The van der Waals surface area contributed by atoms with Gasteiger partial charge in [-0.25, -0.2) is 14.8 Å². The smallest absolute Gasteiger partial charge is 0.346 e. The Morgan fingerprint density at radius 1 is 1.52 bits per heavy atom. The van der Waals surface area contributed by atoms with Crippen molar-refractivity contribution in [1.29, 1.82) is 0 Å². The maximum atomic E-state index is 11.2. The summed E-state index contributed by atoms with van der Waals surface area (Å²) in [5.74, 6) is 0.303. The lowest BCUT2D eigenvalue weighted by Crippen LogP contribution is -2.18. The van der Waals surface area contributed by atoms with E-state index < -0.39 is 16.8 Å². The molecule has 2 heterocycles. The number of nitrogens with one attached hydrogen (secondary N) is 1. The number of carbonyl (C=O) groups is 1. The van der Waals surface area contributed by atoms with Crippen LogP contribution in [0.4, 0.5) is 5.82 Å². The first-order valence-electron chi connectivity index (χ1n) is 6.44. The summed E-state index contributed by atoms with van der Waals surface area (Å²) in [7, 11) is -0.826. The topological polar surface area (TPSA) is 92.2 Å². The fraction of sp³-hybridized carbons (Fsp3) is 0.462. The van der Waals surface area contributed by atoms with Gasteiger partial charge >= 0.3 is 5.97 Å². The number of hydrogen-bond donors (Lipinski definition) is 2. The van der Waals surface area contributed by atoms with Gasteiger partial charge in [-0.1, -0.05) is 0 Å². The Balaban J connectivity index is 2.31. The Bertz CT molecular complexity index is 699. The second-order valence-electron chi connectivity index (χ2n) is 4.88. The maximum absolute atomic E-state index is 11.2. The Kier molecular flexibility index (Phi) is 4.89. The minimum Gasteiger partial charge on any atom is -0.477 e. The van der Waals surface area contributed by atoms with Crippen LogP contribution in [-0.2, 0) is 10.8 Å². The van der Waals surface area contributed by atoms with E-state index >= 15 is 0 Å². The molecule has 0 saturated heterocycles. The van der Waals surface area contributed by atoms with Gasteiger partial charge in [0.1, 0.15) is 21.9 Å². The van der Waals surface area contributed by atoms with Gasteiger partial charge in [0, 0.05) is 28.9 Å². The van der Waals surface area contributed by atoms with E-state index in [0.717, 1.165) is 23.1 Å². The van der Waals surface area contributed by atoms with E-state index in [9.17, 15) is 14.1 Å². The zero-order valence-corrected chi connectivity index (χ0v) is 13.7. The average molecular weight is 327 g/mol. The van der Waals surface area contributed by atoms with Crippen LogP contribution in [0.2, 0.25) is 0 Å². The molecule has 2 rings (SSSR count). The van der Waals surface area contributed by atoms with E-state index in [2.05, 4.69) is 15.3 Å². The van der Waals surface area contributed by atoms with Gasteiger partial charge in [-0.05, 0) is 25.8 Å². The molecule has 0 radical (unpaired) electrons. The van der Waals surface area contributed by atoms with Gasteiger partial charge in [-0.3, -0.25) is 4.21 Å². The van der Waals surface area contributed by atoms with E-state index in [1.165, 1.54) is 6.33 Å². The summed E-state index contributed by atoms with van der Waals surface area (Å²) in [5.41, 5.74) is 0.678. The summed E-state index contributed by atoms with van der Waals surface area (Å²) in [5, 5.41) is 13.2. The molecule has 21 heavy (non-hydrogen) atoms. The summed E-state index contributed by atoms with van der Waals surface area (Å²) in [6.07, 6.45) is 3.86. The van der Waals surface area contributed by atoms with E-state index in [1.807, 2.05) is 6.92 Å². The molecule has 6 nitrogen and oxygen atoms in total. The summed E-state index contributed by atoms with van der Waals surface area (Å²) in [4.78, 5) is 20.5. The van der Waals surface area contributed by atoms with Crippen LogP contribution in [0.1, 0.15) is 28.6 Å². The summed E-state index contributed by atoms with van der Waals surface area (Å²) in [6.45, 7) is 3.75. The third kappa shape index (κ3) is 3.56. The number of thiophene rings is 1. The molecule has 2 unspecified atom stereocenters. The number of fused-ring (bicyclic) bond motifs is 1. The molecule has 0 saturated carbocycles. The monoisotopic (exact) mass is 327 g/mol. The van der Waals surface area contributed by atoms with E-state index in [1.54, 1.807) is 13.2 Å². The van der Waals surface area contributed by atoms with E-state index in [4.69, 9.17) is 0 Å². The van der Waals surface area contributed by atoms with Crippen LogP contribution in [0, 0.1) is 6.92 Å². The normalized spacial score (nSPS) is 14.0. The highest BCUT2D eigenvalue weighted by molar-refractivity contribution is 7.84. The van der Waals surface area contributed by atoms with Crippen LogP contribution in [-0.4, -0.2) is 43.3 Å². The number of nitrogens with zero attached hydrogens (tertiary/aromatic N) is 2. The molecule has 2 atom stereocenters. The third-order valence-electron chi connectivity index (χ3n) is 3.14. The van der Waals surface area contributed by atoms with Crippen molar-refractivity contribution in [2.24, 2.45) is 0 Å². The summed E-state index contributed by atoms with van der Waals surface area (Å²) < 4.78 is 11.1. The Hall–Kier alpha value is -1.54. The fourth-order valence-electron chi connectivity index (χ4n) is 2.03. The molecule has 2 aromatic heterocycles. The van der Waals surface area contributed by atoms with Crippen LogP contribution in [0.25, 0.3) is 10.2 Å². The highest BCUT2D eigenvalue weighted by Crippen LogP contribution is 2.33. The lowest BCUT2D eigenvalue weighted by molar-refractivity contribution is 0.0701. The van der Waals surface area contributed by atoms with Crippen molar-refractivity contribution in [2.45, 2.75) is 26.3 Å². The highest BCUT2D eigenvalue weighted by Gasteiger charge is 2.19. The number of aromatic nitrogens is 2. The van der Waals surface area contributed by atoms with Crippen LogP contribution in [0.15, 0.2) is 6.33 Å². The summed E-state index contributed by atoms with van der Waals surface area (Å²) >= 11 is 1.15. The molecule has 0 spiro atoms. The summed E-state index contributed by atoms with van der Waals surface area (Å²) in [6, 6.07) is 0.0968. The van der Waals surface area contributed by atoms with Crippen LogP contribution in [0.5, 0.6) is 0 Å². The first-order valence-corrected chi connectivity index (χ1v) is 8.98. The molecule has 114 valence electrons.